The third-order valence-corrected chi connectivity index (χ3v) is 4.59. The van der Waals surface area contributed by atoms with Gasteiger partial charge in [-0.3, -0.25) is 9.59 Å². The van der Waals surface area contributed by atoms with Crippen LogP contribution in [-0.2, 0) is 0 Å². The van der Waals surface area contributed by atoms with Crippen molar-refractivity contribution in [3.63, 3.8) is 0 Å². The molecule has 1 aromatic heterocycles. The van der Waals surface area contributed by atoms with Crippen molar-refractivity contribution in [2.75, 3.05) is 17.2 Å². The largest absolute Gasteiger partial charge is 0.370 e. The smallest absolute Gasteiger partial charge is 0.274 e. The topological polar surface area (TPSA) is 84.0 Å². The van der Waals surface area contributed by atoms with E-state index in [0.29, 0.717) is 22.8 Å². The number of carbonyl (C=O) groups is 2. The Labute approximate surface area is 159 Å². The lowest BCUT2D eigenvalue weighted by atomic mass is 9.97. The Morgan fingerprint density at radius 1 is 1.11 bits per heavy atom. The first-order valence-corrected chi connectivity index (χ1v) is 9.28. The van der Waals surface area contributed by atoms with Gasteiger partial charge in [0.25, 0.3) is 5.91 Å². The van der Waals surface area contributed by atoms with Crippen LogP contribution in [0.15, 0.2) is 48.3 Å². The number of hydrogen-bond acceptors (Lipinski definition) is 5. The molecule has 6 nitrogen and oxygen atoms in total. The number of aromatic nitrogens is 2. The molecule has 0 fully saturated rings. The monoisotopic (exact) mass is 364 g/mol. The summed E-state index contributed by atoms with van der Waals surface area (Å²) in [7, 11) is 0. The van der Waals surface area contributed by atoms with Gasteiger partial charge in [-0.2, -0.15) is 0 Å². The average molecular weight is 364 g/mol. The number of carbonyl (C=O) groups excluding carboxylic acids is 2. The molecule has 1 aliphatic rings. The number of hydrogen-bond donors (Lipinski definition) is 2. The number of ketones is 1. The van der Waals surface area contributed by atoms with Gasteiger partial charge in [-0.1, -0.05) is 11.6 Å². The van der Waals surface area contributed by atoms with Crippen LogP contribution < -0.4 is 10.6 Å². The van der Waals surface area contributed by atoms with E-state index in [0.717, 1.165) is 13.0 Å². The molecule has 1 heterocycles. The van der Waals surface area contributed by atoms with Gasteiger partial charge >= 0.3 is 0 Å². The maximum atomic E-state index is 12.4. The lowest BCUT2D eigenvalue weighted by molar-refractivity contribution is 0.101. The predicted molar refractivity (Wildman–Crippen MR) is 106 cm³/mol. The standard InChI is InChI=1S/C21H24N4O2/c1-15(26)17-7-9-18(10-8-17)25-21(27)19-13-20(24-14-23-19)22-12-11-16-5-3-2-4-6-16/h5,7-10,13-14H,2-4,6,11-12H2,1H3,(H,25,27)(H,22,23,24). The molecule has 27 heavy (non-hydrogen) atoms. The number of nitrogens with one attached hydrogen (secondary N) is 2. The molecule has 1 aliphatic carbocycles. The lowest BCUT2D eigenvalue weighted by Gasteiger charge is -2.13. The third-order valence-electron chi connectivity index (χ3n) is 4.59. The van der Waals surface area contributed by atoms with Crippen molar-refractivity contribution in [3.05, 3.63) is 59.6 Å². The Kier molecular flexibility index (Phi) is 6.30. The van der Waals surface area contributed by atoms with E-state index >= 15 is 0 Å². The number of rotatable bonds is 7. The van der Waals surface area contributed by atoms with Crippen molar-refractivity contribution in [3.8, 4) is 0 Å². The van der Waals surface area contributed by atoms with Gasteiger partial charge in [-0.25, -0.2) is 9.97 Å². The van der Waals surface area contributed by atoms with Crippen LogP contribution in [0.5, 0.6) is 0 Å². The first-order chi connectivity index (χ1) is 13.1. The van der Waals surface area contributed by atoms with Crippen molar-refractivity contribution in [1.29, 1.82) is 0 Å². The number of Topliss-reactive ketones (excluding diaryl/α,β-unsaturated/α-hetero) is 1. The van der Waals surface area contributed by atoms with E-state index in [2.05, 4.69) is 26.7 Å². The highest BCUT2D eigenvalue weighted by Crippen LogP contribution is 2.20. The van der Waals surface area contributed by atoms with Crippen LogP contribution in [0.2, 0.25) is 0 Å². The van der Waals surface area contributed by atoms with Crippen LogP contribution in [0.4, 0.5) is 11.5 Å². The summed E-state index contributed by atoms with van der Waals surface area (Å²) in [5.74, 6) is 0.313. The quantitative estimate of drug-likeness (QED) is 0.567. The highest BCUT2D eigenvalue weighted by Gasteiger charge is 2.10. The number of amides is 1. The second-order valence-corrected chi connectivity index (χ2v) is 6.66. The summed E-state index contributed by atoms with van der Waals surface area (Å²) in [5, 5.41) is 6.04. The Morgan fingerprint density at radius 3 is 2.63 bits per heavy atom. The maximum Gasteiger partial charge on any atom is 0.274 e. The summed E-state index contributed by atoms with van der Waals surface area (Å²) in [5.41, 5.74) is 3.01. The summed E-state index contributed by atoms with van der Waals surface area (Å²) >= 11 is 0. The molecule has 0 radical (unpaired) electrons. The van der Waals surface area contributed by atoms with Crippen molar-refractivity contribution in [2.45, 2.75) is 39.0 Å². The Balaban J connectivity index is 1.56. The third kappa shape index (κ3) is 5.48. The highest BCUT2D eigenvalue weighted by atomic mass is 16.2. The minimum Gasteiger partial charge on any atom is -0.370 e. The molecule has 0 saturated carbocycles. The van der Waals surface area contributed by atoms with E-state index in [1.807, 2.05) is 0 Å². The number of anilines is 2. The van der Waals surface area contributed by atoms with E-state index in [1.54, 1.807) is 30.3 Å². The number of allylic oxidation sites excluding steroid dienone is 1. The normalized spacial score (nSPS) is 13.6. The van der Waals surface area contributed by atoms with Crippen LogP contribution >= 0.6 is 0 Å². The first kappa shape index (κ1) is 18.8. The average Bonchev–Trinajstić information content (AvgIpc) is 2.69. The Bertz CT molecular complexity index is 844. The molecule has 1 aromatic carbocycles. The summed E-state index contributed by atoms with van der Waals surface area (Å²) in [6.07, 6.45) is 9.64. The predicted octanol–water partition coefficient (Wildman–Crippen LogP) is 4.23. The molecule has 140 valence electrons. The van der Waals surface area contributed by atoms with Gasteiger partial charge in [0.05, 0.1) is 0 Å². The van der Waals surface area contributed by atoms with Crippen molar-refractivity contribution >= 4 is 23.2 Å². The van der Waals surface area contributed by atoms with Crippen molar-refractivity contribution in [2.24, 2.45) is 0 Å². The Hall–Kier alpha value is -3.02. The van der Waals surface area contributed by atoms with Crippen LogP contribution in [-0.4, -0.2) is 28.2 Å². The van der Waals surface area contributed by atoms with E-state index < -0.39 is 0 Å². The SMILES string of the molecule is CC(=O)c1ccc(NC(=O)c2cc(NCCC3=CCCCC3)ncn2)cc1. The van der Waals surface area contributed by atoms with Gasteiger partial charge in [0, 0.05) is 23.9 Å². The van der Waals surface area contributed by atoms with Crippen LogP contribution in [0, 0.1) is 0 Å². The highest BCUT2D eigenvalue weighted by molar-refractivity contribution is 6.03. The van der Waals surface area contributed by atoms with Crippen molar-refractivity contribution in [1.82, 2.24) is 9.97 Å². The van der Waals surface area contributed by atoms with Gasteiger partial charge < -0.3 is 10.6 Å². The molecule has 1 amide bonds. The minimum atomic E-state index is -0.314. The lowest BCUT2D eigenvalue weighted by Crippen LogP contribution is -2.15. The van der Waals surface area contributed by atoms with Gasteiger partial charge in [0.2, 0.25) is 0 Å². The second kappa shape index (κ2) is 9.07. The summed E-state index contributed by atoms with van der Waals surface area (Å²) in [6, 6.07) is 8.42. The number of nitrogens with zero attached hydrogens (tertiary/aromatic N) is 2. The molecule has 2 aromatic rings. The zero-order valence-corrected chi connectivity index (χ0v) is 15.5. The molecule has 0 unspecified atom stereocenters. The molecule has 0 bridgehead atoms. The zero-order chi connectivity index (χ0) is 19.1. The second-order valence-electron chi connectivity index (χ2n) is 6.66. The van der Waals surface area contributed by atoms with E-state index in [9.17, 15) is 9.59 Å². The molecular weight excluding hydrogens is 340 g/mol. The molecule has 0 spiro atoms. The van der Waals surface area contributed by atoms with Gasteiger partial charge in [0.15, 0.2) is 5.78 Å². The van der Waals surface area contributed by atoms with Crippen molar-refractivity contribution < 1.29 is 9.59 Å². The van der Waals surface area contributed by atoms with Gasteiger partial charge in [-0.05, 0) is 63.3 Å². The van der Waals surface area contributed by atoms with Gasteiger partial charge in [0.1, 0.15) is 17.8 Å². The number of benzene rings is 1. The van der Waals surface area contributed by atoms with Gasteiger partial charge in [-0.15, -0.1) is 0 Å². The van der Waals surface area contributed by atoms with Crippen LogP contribution in [0.25, 0.3) is 0 Å². The van der Waals surface area contributed by atoms with E-state index in [-0.39, 0.29) is 11.7 Å². The van der Waals surface area contributed by atoms with Crippen LogP contribution in [0.1, 0.15) is 59.9 Å². The summed E-state index contributed by atoms with van der Waals surface area (Å²) in [6.45, 7) is 2.30. The van der Waals surface area contributed by atoms with Crippen LogP contribution in [0.3, 0.4) is 0 Å². The Morgan fingerprint density at radius 2 is 1.93 bits per heavy atom. The molecule has 0 aliphatic heterocycles. The molecule has 0 atom stereocenters. The molecule has 0 saturated heterocycles. The molecular formula is C21H24N4O2. The minimum absolute atomic E-state index is 0.0108. The fourth-order valence-electron chi connectivity index (χ4n) is 3.04. The maximum absolute atomic E-state index is 12.4. The molecule has 2 N–H and O–H groups in total. The van der Waals surface area contributed by atoms with E-state index in [4.69, 9.17) is 0 Å². The first-order valence-electron chi connectivity index (χ1n) is 9.28. The summed E-state index contributed by atoms with van der Waals surface area (Å²) < 4.78 is 0. The zero-order valence-electron chi connectivity index (χ0n) is 15.5. The fourth-order valence-corrected chi connectivity index (χ4v) is 3.04. The molecule has 3 rings (SSSR count). The fraction of sp³-hybridized carbons (Fsp3) is 0.333. The van der Waals surface area contributed by atoms with E-state index in [1.165, 1.54) is 44.5 Å². The molecule has 6 heteroatoms. The summed E-state index contributed by atoms with van der Waals surface area (Å²) in [4.78, 5) is 31.9.